The lowest BCUT2D eigenvalue weighted by Gasteiger charge is -2.20. The molecule has 126 valence electrons. The van der Waals surface area contributed by atoms with Gasteiger partial charge in [-0.15, -0.1) is 0 Å². The maximum Gasteiger partial charge on any atom is 0.263 e. The summed E-state index contributed by atoms with van der Waals surface area (Å²) in [7, 11) is 1.46. The molecule has 0 N–H and O–H groups in total. The molecule has 0 atom stereocenters. The van der Waals surface area contributed by atoms with E-state index in [1.165, 1.54) is 30.6 Å². The zero-order valence-corrected chi connectivity index (χ0v) is 16.1. The Kier molecular flexibility index (Phi) is 5.43. The van der Waals surface area contributed by atoms with E-state index in [4.69, 9.17) is 29.2 Å². The van der Waals surface area contributed by atoms with Crippen LogP contribution in [0.15, 0.2) is 18.2 Å². The number of hydrogen-bond acceptors (Lipinski definition) is 7. The van der Waals surface area contributed by atoms with E-state index >= 15 is 0 Å². The van der Waals surface area contributed by atoms with Crippen LogP contribution in [-0.4, -0.2) is 62.0 Å². The molecule has 9 heteroatoms. The van der Waals surface area contributed by atoms with Crippen LogP contribution in [0.5, 0.6) is 5.75 Å². The van der Waals surface area contributed by atoms with E-state index in [0.717, 1.165) is 11.5 Å². The predicted molar refractivity (Wildman–Crippen MR) is 105 cm³/mol. The fourth-order valence-electron chi connectivity index (χ4n) is 2.54. The third kappa shape index (κ3) is 3.17. The van der Waals surface area contributed by atoms with Crippen molar-refractivity contribution in [2.45, 2.75) is 0 Å². The lowest BCUT2D eigenvalue weighted by Crippen LogP contribution is -2.33. The Labute approximate surface area is 159 Å². The number of rotatable bonds is 3. The number of ether oxygens (including phenoxy) is 1. The van der Waals surface area contributed by atoms with E-state index in [-0.39, 0.29) is 17.6 Å². The molecule has 0 saturated carbocycles. The fraction of sp³-hybridized carbons (Fsp3) is 0.333. The van der Waals surface area contributed by atoms with E-state index in [2.05, 4.69) is 0 Å². The second-order valence-corrected chi connectivity index (χ2v) is 8.49. The minimum Gasteiger partial charge on any atom is -0.495 e. The van der Waals surface area contributed by atoms with Crippen LogP contribution in [-0.2, 0) is 0 Å². The first-order valence-electron chi connectivity index (χ1n) is 7.19. The standard InChI is InChI=1S/C15H14N2O3S4/c1-20-11-9(12(18)16-5-7-23-14(16)21)3-2-4-10(11)13(19)17-6-8-24-15(17)22/h2-4H,5-8H2,1H3. The second-order valence-electron chi connectivity index (χ2n) is 5.03. The molecule has 2 fully saturated rings. The molecule has 0 unspecified atom stereocenters. The number of nitrogens with zero attached hydrogens (tertiary/aromatic N) is 2. The molecule has 2 saturated heterocycles. The number of benzene rings is 1. The summed E-state index contributed by atoms with van der Waals surface area (Å²) in [5, 5.41) is 0. The molecule has 2 amide bonds. The van der Waals surface area contributed by atoms with Gasteiger partial charge in [0, 0.05) is 24.6 Å². The van der Waals surface area contributed by atoms with Gasteiger partial charge in [0.05, 0.1) is 18.2 Å². The van der Waals surface area contributed by atoms with Crippen LogP contribution >= 0.6 is 48.0 Å². The summed E-state index contributed by atoms with van der Waals surface area (Å²) in [6, 6.07) is 4.99. The van der Waals surface area contributed by atoms with Crippen LogP contribution in [0, 0.1) is 0 Å². The lowest BCUT2D eigenvalue weighted by atomic mass is 10.1. The Bertz CT molecular complexity index is 681. The molecule has 0 spiro atoms. The molecular formula is C15H14N2O3S4. The predicted octanol–water partition coefficient (Wildman–Crippen LogP) is 2.64. The first kappa shape index (κ1) is 17.7. The van der Waals surface area contributed by atoms with Gasteiger partial charge in [0.25, 0.3) is 11.8 Å². The van der Waals surface area contributed by atoms with Crippen molar-refractivity contribution >= 4 is 68.4 Å². The Morgan fingerprint density at radius 1 is 1.00 bits per heavy atom. The largest absolute Gasteiger partial charge is 0.495 e. The molecule has 0 radical (unpaired) electrons. The van der Waals surface area contributed by atoms with Gasteiger partial charge in [0.15, 0.2) is 0 Å². The zero-order chi connectivity index (χ0) is 17.3. The first-order valence-corrected chi connectivity index (χ1v) is 9.97. The van der Waals surface area contributed by atoms with Gasteiger partial charge >= 0.3 is 0 Å². The minimum absolute atomic E-state index is 0.241. The van der Waals surface area contributed by atoms with Crippen molar-refractivity contribution < 1.29 is 14.3 Å². The number of para-hydroxylation sites is 1. The van der Waals surface area contributed by atoms with Gasteiger partial charge < -0.3 is 4.74 Å². The van der Waals surface area contributed by atoms with E-state index in [9.17, 15) is 9.59 Å². The zero-order valence-electron chi connectivity index (χ0n) is 12.8. The van der Waals surface area contributed by atoms with Crippen LogP contribution in [0.4, 0.5) is 0 Å². The molecule has 24 heavy (non-hydrogen) atoms. The topological polar surface area (TPSA) is 49.9 Å². The highest BCUT2D eigenvalue weighted by Crippen LogP contribution is 2.30. The van der Waals surface area contributed by atoms with E-state index < -0.39 is 0 Å². The van der Waals surface area contributed by atoms with Crippen molar-refractivity contribution in [3.63, 3.8) is 0 Å². The summed E-state index contributed by atoms with van der Waals surface area (Å²) in [4.78, 5) is 28.7. The van der Waals surface area contributed by atoms with Crippen LogP contribution in [0.3, 0.4) is 0 Å². The molecule has 1 aromatic rings. The number of methoxy groups -OCH3 is 1. The summed E-state index contributed by atoms with van der Waals surface area (Å²) in [5.41, 5.74) is 0.678. The molecule has 1 aromatic carbocycles. The molecule has 0 bridgehead atoms. The van der Waals surface area contributed by atoms with Crippen molar-refractivity contribution in [1.82, 2.24) is 9.80 Å². The number of amides is 2. The molecule has 0 aromatic heterocycles. The van der Waals surface area contributed by atoms with Gasteiger partial charge in [-0.3, -0.25) is 19.4 Å². The van der Waals surface area contributed by atoms with Crippen LogP contribution in [0.1, 0.15) is 20.7 Å². The normalized spacial score (nSPS) is 17.5. The smallest absolute Gasteiger partial charge is 0.263 e. The summed E-state index contributed by atoms with van der Waals surface area (Å²) in [5.74, 6) is 1.35. The van der Waals surface area contributed by atoms with Crippen molar-refractivity contribution in [2.75, 3.05) is 31.7 Å². The molecule has 0 aliphatic carbocycles. The Hall–Kier alpha value is -1.16. The van der Waals surface area contributed by atoms with Gasteiger partial charge in [-0.2, -0.15) is 0 Å². The SMILES string of the molecule is COc1c(C(=O)N2CCSC2=S)cccc1C(=O)N1CCSC1=S. The average Bonchev–Trinajstić information content (AvgIpc) is 3.21. The minimum atomic E-state index is -0.241. The number of carbonyl (C=O) groups is 2. The highest BCUT2D eigenvalue weighted by atomic mass is 32.2. The lowest BCUT2D eigenvalue weighted by molar-refractivity contribution is 0.0855. The molecule has 2 heterocycles. The Morgan fingerprint density at radius 2 is 1.46 bits per heavy atom. The molecule has 3 rings (SSSR count). The number of thiocarbonyl (C=S) groups is 2. The van der Waals surface area contributed by atoms with Gasteiger partial charge in [-0.1, -0.05) is 54.0 Å². The van der Waals surface area contributed by atoms with Gasteiger partial charge in [0.1, 0.15) is 14.4 Å². The molecular weight excluding hydrogens is 384 g/mol. The summed E-state index contributed by atoms with van der Waals surface area (Å²) in [6.07, 6.45) is 0. The summed E-state index contributed by atoms with van der Waals surface area (Å²) < 4.78 is 6.52. The highest BCUT2D eigenvalue weighted by molar-refractivity contribution is 8.23. The highest BCUT2D eigenvalue weighted by Gasteiger charge is 2.32. The second kappa shape index (κ2) is 7.38. The number of thioether (sulfide) groups is 2. The fourth-order valence-corrected chi connectivity index (χ4v) is 4.95. The Morgan fingerprint density at radius 3 is 1.79 bits per heavy atom. The van der Waals surface area contributed by atoms with Crippen molar-refractivity contribution in [3.8, 4) is 5.75 Å². The van der Waals surface area contributed by atoms with Crippen molar-refractivity contribution in [3.05, 3.63) is 29.3 Å². The van der Waals surface area contributed by atoms with E-state index in [1.54, 1.807) is 28.0 Å². The van der Waals surface area contributed by atoms with Gasteiger partial charge in [0.2, 0.25) is 0 Å². The summed E-state index contributed by atoms with van der Waals surface area (Å²) >= 11 is 13.4. The quantitative estimate of drug-likeness (QED) is 0.726. The average molecular weight is 399 g/mol. The monoisotopic (exact) mass is 398 g/mol. The third-order valence-corrected chi connectivity index (χ3v) is 6.55. The Balaban J connectivity index is 1.97. The van der Waals surface area contributed by atoms with E-state index in [0.29, 0.717) is 32.9 Å². The molecule has 5 nitrogen and oxygen atoms in total. The molecule has 2 aliphatic heterocycles. The van der Waals surface area contributed by atoms with Gasteiger partial charge in [-0.25, -0.2) is 0 Å². The first-order chi connectivity index (χ1) is 11.5. The summed E-state index contributed by atoms with van der Waals surface area (Å²) in [6.45, 7) is 1.13. The van der Waals surface area contributed by atoms with Crippen molar-refractivity contribution in [2.24, 2.45) is 0 Å². The number of carbonyl (C=O) groups excluding carboxylic acids is 2. The maximum absolute atomic E-state index is 12.8. The van der Waals surface area contributed by atoms with Crippen LogP contribution in [0.2, 0.25) is 0 Å². The van der Waals surface area contributed by atoms with Crippen LogP contribution < -0.4 is 4.74 Å². The van der Waals surface area contributed by atoms with Gasteiger partial charge in [-0.05, 0) is 12.1 Å². The van der Waals surface area contributed by atoms with Crippen LogP contribution in [0.25, 0.3) is 0 Å². The maximum atomic E-state index is 12.8. The third-order valence-electron chi connectivity index (χ3n) is 3.69. The van der Waals surface area contributed by atoms with E-state index in [1.807, 2.05) is 0 Å². The number of hydrogen-bond donors (Lipinski definition) is 0. The van der Waals surface area contributed by atoms with Crippen molar-refractivity contribution in [1.29, 1.82) is 0 Å². The molecule has 2 aliphatic rings.